The summed E-state index contributed by atoms with van der Waals surface area (Å²) in [6.07, 6.45) is 0.795. The van der Waals surface area contributed by atoms with Crippen molar-refractivity contribution in [1.82, 2.24) is 10.2 Å². The van der Waals surface area contributed by atoms with E-state index in [4.69, 9.17) is 4.74 Å². The highest BCUT2D eigenvalue weighted by atomic mass is 16.5. The first-order chi connectivity index (χ1) is 8.99. The fraction of sp³-hybridized carbons (Fsp3) is 0.533. The van der Waals surface area contributed by atoms with Gasteiger partial charge in [0.1, 0.15) is 5.75 Å². The highest BCUT2D eigenvalue weighted by molar-refractivity contribution is 5.82. The lowest BCUT2D eigenvalue weighted by Gasteiger charge is -2.24. The van der Waals surface area contributed by atoms with Gasteiger partial charge in [0.05, 0.1) is 19.2 Å². The van der Waals surface area contributed by atoms with Crippen LogP contribution in [0.3, 0.4) is 0 Å². The summed E-state index contributed by atoms with van der Waals surface area (Å²) in [5.74, 6) is 0.862. The van der Waals surface area contributed by atoms with Crippen molar-refractivity contribution in [2.45, 2.75) is 32.4 Å². The standard InChI is InChI=1S/C15H24N2O2/c1-6-14(17(3)4)15(18)16-11(2)12-8-7-9-13(10-12)19-5/h7-11,14H,6H2,1-5H3,(H,16,18)/t11-,14?/m1/s1. The third-order valence-corrected chi connectivity index (χ3v) is 3.27. The molecule has 1 rings (SSSR count). The Bertz CT molecular complexity index is 418. The van der Waals surface area contributed by atoms with Crippen LogP contribution in [-0.2, 0) is 4.79 Å². The summed E-state index contributed by atoms with van der Waals surface area (Å²) < 4.78 is 5.20. The third-order valence-electron chi connectivity index (χ3n) is 3.27. The largest absolute Gasteiger partial charge is 0.497 e. The Kier molecular flexibility index (Phi) is 5.83. The van der Waals surface area contributed by atoms with Crippen LogP contribution < -0.4 is 10.1 Å². The van der Waals surface area contributed by atoms with E-state index >= 15 is 0 Å². The lowest BCUT2D eigenvalue weighted by Crippen LogP contribution is -2.43. The zero-order chi connectivity index (χ0) is 14.4. The van der Waals surface area contributed by atoms with Gasteiger partial charge in [-0.15, -0.1) is 0 Å². The minimum Gasteiger partial charge on any atom is -0.497 e. The van der Waals surface area contributed by atoms with Gasteiger partial charge in [0.2, 0.25) is 5.91 Å². The second-order valence-corrected chi connectivity index (χ2v) is 4.89. The molecule has 0 spiro atoms. The van der Waals surface area contributed by atoms with Gasteiger partial charge in [0, 0.05) is 0 Å². The minimum absolute atomic E-state index is 0.0309. The molecule has 0 fully saturated rings. The summed E-state index contributed by atoms with van der Waals surface area (Å²) in [7, 11) is 5.48. The van der Waals surface area contributed by atoms with Crippen molar-refractivity contribution in [3.63, 3.8) is 0 Å². The second-order valence-electron chi connectivity index (χ2n) is 4.89. The fourth-order valence-corrected chi connectivity index (χ4v) is 2.09. The van der Waals surface area contributed by atoms with Crippen molar-refractivity contribution in [2.24, 2.45) is 0 Å². The van der Waals surface area contributed by atoms with Crippen molar-refractivity contribution < 1.29 is 9.53 Å². The maximum absolute atomic E-state index is 12.2. The van der Waals surface area contributed by atoms with Gasteiger partial charge in [-0.3, -0.25) is 9.69 Å². The van der Waals surface area contributed by atoms with E-state index in [2.05, 4.69) is 5.32 Å². The Morgan fingerprint density at radius 1 is 1.42 bits per heavy atom. The number of hydrogen-bond donors (Lipinski definition) is 1. The van der Waals surface area contributed by atoms with Gasteiger partial charge in [-0.2, -0.15) is 0 Å². The molecule has 0 aliphatic rings. The quantitative estimate of drug-likeness (QED) is 0.856. The van der Waals surface area contributed by atoms with Crippen LogP contribution in [0.2, 0.25) is 0 Å². The number of nitrogens with one attached hydrogen (secondary N) is 1. The van der Waals surface area contributed by atoms with Crippen LogP contribution in [0.4, 0.5) is 0 Å². The van der Waals surface area contributed by atoms with Crippen LogP contribution in [0.25, 0.3) is 0 Å². The van der Waals surface area contributed by atoms with Crippen molar-refractivity contribution >= 4 is 5.91 Å². The smallest absolute Gasteiger partial charge is 0.237 e. The summed E-state index contributed by atoms with van der Waals surface area (Å²) in [4.78, 5) is 14.1. The van der Waals surface area contributed by atoms with Crippen molar-refractivity contribution in [1.29, 1.82) is 0 Å². The van der Waals surface area contributed by atoms with Crippen LogP contribution in [0.5, 0.6) is 5.75 Å². The number of nitrogens with zero attached hydrogens (tertiary/aromatic N) is 1. The van der Waals surface area contributed by atoms with Crippen LogP contribution >= 0.6 is 0 Å². The predicted octanol–water partition coefficient (Wildman–Crippen LogP) is 2.21. The van der Waals surface area contributed by atoms with Gasteiger partial charge in [0.15, 0.2) is 0 Å². The predicted molar refractivity (Wildman–Crippen MR) is 77.3 cm³/mol. The van der Waals surface area contributed by atoms with Gasteiger partial charge < -0.3 is 10.1 Å². The minimum atomic E-state index is -0.0898. The molecule has 106 valence electrons. The van der Waals surface area contributed by atoms with Crippen molar-refractivity contribution in [3.8, 4) is 5.75 Å². The van der Waals surface area contributed by atoms with E-state index in [1.165, 1.54) is 0 Å². The number of carbonyl (C=O) groups excluding carboxylic acids is 1. The van der Waals surface area contributed by atoms with E-state index in [0.29, 0.717) is 0 Å². The molecule has 0 saturated carbocycles. The number of benzene rings is 1. The average molecular weight is 264 g/mol. The lowest BCUT2D eigenvalue weighted by molar-refractivity contribution is -0.126. The van der Waals surface area contributed by atoms with E-state index in [-0.39, 0.29) is 18.0 Å². The normalized spacial score (nSPS) is 14.0. The van der Waals surface area contributed by atoms with E-state index in [1.54, 1.807) is 7.11 Å². The molecule has 1 aromatic carbocycles. The van der Waals surface area contributed by atoms with E-state index < -0.39 is 0 Å². The number of amides is 1. The van der Waals surface area contributed by atoms with Crippen LogP contribution in [0.15, 0.2) is 24.3 Å². The van der Waals surface area contributed by atoms with E-state index in [9.17, 15) is 4.79 Å². The highest BCUT2D eigenvalue weighted by Crippen LogP contribution is 2.19. The molecule has 1 N–H and O–H groups in total. The molecule has 0 heterocycles. The molecule has 4 nitrogen and oxygen atoms in total. The number of likely N-dealkylation sites (N-methyl/N-ethyl adjacent to an activating group) is 1. The first-order valence-electron chi connectivity index (χ1n) is 6.60. The Balaban J connectivity index is 2.73. The Labute approximate surface area is 115 Å². The van der Waals surface area contributed by atoms with Crippen LogP contribution in [-0.4, -0.2) is 38.1 Å². The molecule has 2 atom stereocenters. The highest BCUT2D eigenvalue weighted by Gasteiger charge is 2.20. The first kappa shape index (κ1) is 15.5. The number of methoxy groups -OCH3 is 1. The molecule has 0 aliphatic heterocycles. The molecular formula is C15H24N2O2. The molecule has 0 aliphatic carbocycles. The average Bonchev–Trinajstić information content (AvgIpc) is 2.39. The fourth-order valence-electron chi connectivity index (χ4n) is 2.09. The summed E-state index contributed by atoms with van der Waals surface area (Å²) >= 11 is 0. The Hall–Kier alpha value is -1.55. The van der Waals surface area contributed by atoms with Gasteiger partial charge in [-0.05, 0) is 45.1 Å². The monoisotopic (exact) mass is 264 g/mol. The first-order valence-corrected chi connectivity index (χ1v) is 6.60. The van der Waals surface area contributed by atoms with Crippen LogP contribution in [0.1, 0.15) is 31.9 Å². The van der Waals surface area contributed by atoms with Gasteiger partial charge >= 0.3 is 0 Å². The molecule has 0 saturated heterocycles. The molecular weight excluding hydrogens is 240 g/mol. The van der Waals surface area contributed by atoms with E-state index in [0.717, 1.165) is 17.7 Å². The zero-order valence-electron chi connectivity index (χ0n) is 12.4. The second kappa shape index (κ2) is 7.14. The molecule has 0 aromatic heterocycles. The van der Waals surface area contributed by atoms with Crippen molar-refractivity contribution in [3.05, 3.63) is 29.8 Å². The molecule has 19 heavy (non-hydrogen) atoms. The number of hydrogen-bond acceptors (Lipinski definition) is 3. The maximum atomic E-state index is 12.2. The lowest BCUT2D eigenvalue weighted by atomic mass is 10.1. The zero-order valence-corrected chi connectivity index (χ0v) is 12.4. The number of carbonyl (C=O) groups is 1. The topological polar surface area (TPSA) is 41.6 Å². The third kappa shape index (κ3) is 4.24. The Morgan fingerprint density at radius 2 is 2.11 bits per heavy atom. The van der Waals surface area contributed by atoms with Crippen LogP contribution in [0, 0.1) is 0 Å². The molecule has 0 radical (unpaired) electrons. The molecule has 0 bridgehead atoms. The number of rotatable bonds is 6. The SMILES string of the molecule is CCC(C(=O)N[C@H](C)c1cccc(OC)c1)N(C)C. The van der Waals surface area contributed by atoms with Gasteiger partial charge in [0.25, 0.3) is 0 Å². The van der Waals surface area contributed by atoms with Crippen molar-refractivity contribution in [2.75, 3.05) is 21.2 Å². The van der Waals surface area contributed by atoms with Gasteiger partial charge in [-0.1, -0.05) is 19.1 Å². The number of ether oxygens (including phenoxy) is 1. The van der Waals surface area contributed by atoms with E-state index in [1.807, 2.05) is 57.1 Å². The summed E-state index contributed by atoms with van der Waals surface area (Å²) in [5, 5.41) is 3.04. The molecule has 1 aromatic rings. The summed E-state index contributed by atoms with van der Waals surface area (Å²) in [6, 6.07) is 7.64. The molecule has 4 heteroatoms. The molecule has 1 amide bonds. The van der Waals surface area contributed by atoms with Gasteiger partial charge in [-0.25, -0.2) is 0 Å². The summed E-state index contributed by atoms with van der Waals surface area (Å²) in [5.41, 5.74) is 1.04. The Morgan fingerprint density at radius 3 is 2.63 bits per heavy atom. The summed E-state index contributed by atoms with van der Waals surface area (Å²) in [6.45, 7) is 4.00. The maximum Gasteiger partial charge on any atom is 0.237 e. The molecule has 1 unspecified atom stereocenters.